The lowest BCUT2D eigenvalue weighted by molar-refractivity contribution is 0.590. The van der Waals surface area contributed by atoms with Gasteiger partial charge in [0, 0.05) is 50.3 Å². The lowest BCUT2D eigenvalue weighted by atomic mass is 9.33. The van der Waals surface area contributed by atoms with E-state index < -0.39 is 0 Å². The van der Waals surface area contributed by atoms with Crippen molar-refractivity contribution in [3.63, 3.8) is 0 Å². The van der Waals surface area contributed by atoms with E-state index >= 15 is 0 Å². The fourth-order valence-electron chi connectivity index (χ4n) is 14.2. The number of hydrogen-bond donors (Lipinski definition) is 0. The Morgan fingerprint density at radius 1 is 0.360 bits per heavy atom. The molecule has 0 atom stereocenters. The Labute approximate surface area is 510 Å². The molecule has 0 unspecified atom stereocenters. The summed E-state index contributed by atoms with van der Waals surface area (Å²) in [6.07, 6.45) is 9.96. The Morgan fingerprint density at radius 2 is 0.837 bits per heavy atom. The van der Waals surface area contributed by atoms with E-state index in [2.05, 4.69) is 299 Å². The Balaban J connectivity index is 1.15. The zero-order chi connectivity index (χ0) is 58.5. The van der Waals surface area contributed by atoms with Gasteiger partial charge in [-0.3, -0.25) is 0 Å². The average molecular weight is 1110 g/mol. The first-order chi connectivity index (χ1) is 42.2. The number of anilines is 6. The highest BCUT2D eigenvalue weighted by Crippen LogP contribution is 2.53. The largest absolute Gasteiger partial charge is 0.311 e. The summed E-state index contributed by atoms with van der Waals surface area (Å²) in [4.78, 5) is 5.53. The van der Waals surface area contributed by atoms with Gasteiger partial charge in [-0.05, 0) is 171 Å². The summed E-state index contributed by atoms with van der Waals surface area (Å²) in [6, 6.07) is 92.6. The molecule has 0 aliphatic carbocycles. The van der Waals surface area contributed by atoms with Crippen LogP contribution in [0.4, 0.5) is 34.1 Å². The standard InChI is InChI=1S/C82H76BN3/c1-7-10-29-56-48-62(30-11-8-2)80(63(49-56)31-12-9-3)86-76-55-66(84-73-42-27-25-40-67(73)68-41-26-28-43-74(68)84)45-46-71(76)83-72-52-61(57-32-17-13-18-33-57)44-47-75(72)85(77-53-65(82(4,5)6)54-78(86)79(77)83)81-69(59-36-21-15-22-37-59)50-64(58-34-19-14-20-35-58)51-70(81)60-38-23-16-24-39-60/h13-28,32-55H,7-12,29-31H2,1-6H3. The molecule has 0 fully saturated rings. The molecular formula is C82H76BN3. The number of nitrogens with zero attached hydrogens (tertiary/aromatic N) is 3. The Hall–Kier alpha value is -9.12. The van der Waals surface area contributed by atoms with Crippen LogP contribution in [0.5, 0.6) is 0 Å². The molecule has 2 aliphatic rings. The average Bonchev–Trinajstić information content (AvgIpc) is 0.787. The molecule has 0 saturated heterocycles. The lowest BCUT2D eigenvalue weighted by Crippen LogP contribution is -2.61. The van der Waals surface area contributed by atoms with Gasteiger partial charge in [0.25, 0.3) is 6.71 Å². The van der Waals surface area contributed by atoms with Crippen molar-refractivity contribution in [1.29, 1.82) is 0 Å². The van der Waals surface area contributed by atoms with Gasteiger partial charge >= 0.3 is 0 Å². The van der Waals surface area contributed by atoms with Crippen LogP contribution in [0.1, 0.15) is 102 Å². The number of unbranched alkanes of at least 4 members (excludes halogenated alkanes) is 3. The molecule has 3 nitrogen and oxygen atoms in total. The number of rotatable bonds is 16. The Morgan fingerprint density at radius 3 is 1.36 bits per heavy atom. The minimum atomic E-state index is -0.220. The van der Waals surface area contributed by atoms with Gasteiger partial charge in [0.2, 0.25) is 0 Å². The fourth-order valence-corrected chi connectivity index (χ4v) is 14.2. The van der Waals surface area contributed by atoms with E-state index in [0.717, 1.165) is 44.9 Å². The van der Waals surface area contributed by atoms with Gasteiger partial charge in [-0.15, -0.1) is 0 Å². The summed E-state index contributed by atoms with van der Waals surface area (Å²) < 4.78 is 2.53. The van der Waals surface area contributed by atoms with Crippen LogP contribution in [0, 0.1) is 0 Å². The molecule has 0 N–H and O–H groups in total. The summed E-state index contributed by atoms with van der Waals surface area (Å²) in [5.74, 6) is 0. The van der Waals surface area contributed by atoms with Crippen LogP contribution >= 0.6 is 0 Å². The summed E-state index contributed by atoms with van der Waals surface area (Å²) in [5.41, 5.74) is 30.1. The van der Waals surface area contributed by atoms with Crippen molar-refractivity contribution in [3.8, 4) is 50.2 Å². The maximum absolute atomic E-state index is 2.82. The highest BCUT2D eigenvalue weighted by atomic mass is 15.2. The van der Waals surface area contributed by atoms with Crippen molar-refractivity contribution >= 4 is 79.0 Å². The van der Waals surface area contributed by atoms with E-state index in [4.69, 9.17) is 0 Å². The second-order valence-corrected chi connectivity index (χ2v) is 25.1. The van der Waals surface area contributed by atoms with Gasteiger partial charge in [-0.2, -0.15) is 0 Å². The normalized spacial score (nSPS) is 12.7. The Bertz CT molecular complexity index is 4310. The fraction of sp³-hybridized carbons (Fsp3) is 0.195. The van der Waals surface area contributed by atoms with E-state index in [-0.39, 0.29) is 12.1 Å². The summed E-state index contributed by atoms with van der Waals surface area (Å²) >= 11 is 0. The molecule has 12 aromatic rings. The smallest absolute Gasteiger partial charge is 0.252 e. The first-order valence-corrected chi connectivity index (χ1v) is 31.8. The van der Waals surface area contributed by atoms with Gasteiger partial charge in [-0.1, -0.05) is 249 Å². The van der Waals surface area contributed by atoms with Gasteiger partial charge < -0.3 is 14.4 Å². The van der Waals surface area contributed by atoms with E-state index in [1.807, 2.05) is 0 Å². The number of hydrogen-bond acceptors (Lipinski definition) is 2. The van der Waals surface area contributed by atoms with E-state index in [1.54, 1.807) is 0 Å². The van der Waals surface area contributed by atoms with E-state index in [9.17, 15) is 0 Å². The second kappa shape index (κ2) is 23.0. The van der Waals surface area contributed by atoms with Crippen molar-refractivity contribution in [3.05, 3.63) is 265 Å². The third kappa shape index (κ3) is 9.74. The van der Waals surface area contributed by atoms with E-state index in [0.29, 0.717) is 0 Å². The van der Waals surface area contributed by atoms with Gasteiger partial charge in [0.15, 0.2) is 0 Å². The topological polar surface area (TPSA) is 11.4 Å². The van der Waals surface area contributed by atoms with Crippen LogP contribution in [0.3, 0.4) is 0 Å². The minimum absolute atomic E-state index is 0.117. The van der Waals surface area contributed by atoms with Crippen molar-refractivity contribution in [1.82, 2.24) is 4.57 Å². The van der Waals surface area contributed by atoms with Crippen molar-refractivity contribution in [2.24, 2.45) is 0 Å². The molecular weight excluding hydrogens is 1040 g/mol. The summed E-state index contributed by atoms with van der Waals surface area (Å²) in [7, 11) is 0. The molecule has 0 spiro atoms. The number of para-hydroxylation sites is 2. The molecule has 0 saturated carbocycles. The number of fused-ring (bicyclic) bond motifs is 7. The molecule has 4 heteroatoms. The van der Waals surface area contributed by atoms with Gasteiger partial charge in [0.1, 0.15) is 0 Å². The monoisotopic (exact) mass is 1110 g/mol. The maximum atomic E-state index is 2.82. The molecule has 86 heavy (non-hydrogen) atoms. The van der Waals surface area contributed by atoms with Crippen LogP contribution in [0.25, 0.3) is 72.0 Å². The SMILES string of the molecule is CCCCc1cc(CCCC)c(N2c3cc(-n4c5ccccc5c5ccccc54)ccc3B3c4cc(-c5ccccc5)ccc4N(c4c(-c5ccccc5)cc(-c5ccccc5)cc4-c4ccccc4)c4cc(C(C)(C)C)cc2c43)c(CCCC)c1. The lowest BCUT2D eigenvalue weighted by Gasteiger charge is -2.46. The first-order valence-electron chi connectivity index (χ1n) is 31.8. The Kier molecular flexibility index (Phi) is 14.7. The summed E-state index contributed by atoms with van der Waals surface area (Å²) in [5, 5.41) is 2.54. The molecule has 11 aromatic carbocycles. The van der Waals surface area contributed by atoms with Crippen molar-refractivity contribution in [2.75, 3.05) is 9.80 Å². The molecule has 0 amide bonds. The number of aromatic nitrogens is 1. The van der Waals surface area contributed by atoms with Crippen LogP contribution in [-0.4, -0.2) is 11.3 Å². The quantitative estimate of drug-likeness (QED) is 0.0894. The molecule has 0 radical (unpaired) electrons. The van der Waals surface area contributed by atoms with Crippen LogP contribution in [0.15, 0.2) is 243 Å². The first kappa shape index (κ1) is 54.8. The van der Waals surface area contributed by atoms with Crippen molar-refractivity contribution in [2.45, 2.75) is 105 Å². The van der Waals surface area contributed by atoms with Gasteiger partial charge in [0.05, 0.1) is 22.4 Å². The van der Waals surface area contributed by atoms with Crippen LogP contribution in [0.2, 0.25) is 0 Å². The minimum Gasteiger partial charge on any atom is -0.311 e. The molecule has 0 bridgehead atoms. The van der Waals surface area contributed by atoms with Crippen molar-refractivity contribution < 1.29 is 0 Å². The highest BCUT2D eigenvalue weighted by Gasteiger charge is 2.46. The second-order valence-electron chi connectivity index (χ2n) is 25.1. The molecule has 422 valence electrons. The zero-order valence-corrected chi connectivity index (χ0v) is 50.9. The predicted molar refractivity (Wildman–Crippen MR) is 371 cm³/mol. The van der Waals surface area contributed by atoms with Crippen LogP contribution in [-0.2, 0) is 24.7 Å². The van der Waals surface area contributed by atoms with Gasteiger partial charge in [-0.25, -0.2) is 0 Å². The predicted octanol–water partition coefficient (Wildman–Crippen LogP) is 20.9. The molecule has 2 aliphatic heterocycles. The molecule has 14 rings (SSSR count). The maximum Gasteiger partial charge on any atom is 0.252 e. The third-order valence-electron chi connectivity index (χ3n) is 18.4. The number of benzene rings is 11. The third-order valence-corrected chi connectivity index (χ3v) is 18.4. The highest BCUT2D eigenvalue weighted by molar-refractivity contribution is 7.00. The zero-order valence-electron chi connectivity index (χ0n) is 50.9. The number of aryl methyl sites for hydroxylation is 3. The molecule has 1 aromatic heterocycles. The van der Waals surface area contributed by atoms with E-state index in [1.165, 1.54) is 158 Å². The molecule has 3 heterocycles. The van der Waals surface area contributed by atoms with Crippen LogP contribution < -0.4 is 26.2 Å². The summed E-state index contributed by atoms with van der Waals surface area (Å²) in [6.45, 7) is 14.2.